The fourth-order valence-corrected chi connectivity index (χ4v) is 2.14. The second-order valence-corrected chi connectivity index (χ2v) is 5.10. The average Bonchev–Trinajstić information content (AvgIpc) is 2.09. The highest BCUT2D eigenvalue weighted by Gasteiger charge is 2.13. The van der Waals surface area contributed by atoms with Crippen LogP contribution in [-0.2, 0) is 0 Å². The Kier molecular flexibility index (Phi) is 4.18. The lowest BCUT2D eigenvalue weighted by atomic mass is 9.95. The summed E-state index contributed by atoms with van der Waals surface area (Å²) in [7, 11) is 0. The van der Waals surface area contributed by atoms with Gasteiger partial charge in [-0.1, -0.05) is 43.1 Å². The van der Waals surface area contributed by atoms with Crippen molar-refractivity contribution in [2.75, 3.05) is 0 Å². The van der Waals surface area contributed by atoms with Crippen LogP contribution in [0.1, 0.15) is 43.0 Å². The smallest absolute Gasteiger partial charge is 0.0483 e. The molecule has 0 saturated heterocycles. The number of benzene rings is 1. The number of halogens is 1. The largest absolute Gasteiger partial charge is 0.324 e. The molecular weight excluding hydrogens is 206 g/mol. The van der Waals surface area contributed by atoms with Gasteiger partial charge in [-0.05, 0) is 37.3 Å². The quantitative estimate of drug-likeness (QED) is 0.827. The highest BCUT2D eigenvalue weighted by atomic mass is 35.5. The van der Waals surface area contributed by atoms with E-state index in [0.717, 1.165) is 22.6 Å². The molecule has 1 aromatic rings. The van der Waals surface area contributed by atoms with Crippen molar-refractivity contribution in [1.29, 1.82) is 0 Å². The summed E-state index contributed by atoms with van der Waals surface area (Å²) in [4.78, 5) is 0. The minimum absolute atomic E-state index is 0.0519. The number of aryl methyl sites for hydroxylation is 2. The first-order chi connectivity index (χ1) is 6.91. The molecule has 84 valence electrons. The van der Waals surface area contributed by atoms with E-state index in [9.17, 15) is 0 Å². The van der Waals surface area contributed by atoms with E-state index in [1.807, 2.05) is 6.92 Å². The predicted octanol–water partition coefficient (Wildman–Crippen LogP) is 4.00. The van der Waals surface area contributed by atoms with Crippen LogP contribution < -0.4 is 5.73 Å². The first kappa shape index (κ1) is 12.5. The molecule has 1 aromatic carbocycles. The van der Waals surface area contributed by atoms with E-state index in [1.54, 1.807) is 0 Å². The van der Waals surface area contributed by atoms with E-state index in [2.05, 4.69) is 32.9 Å². The van der Waals surface area contributed by atoms with Crippen LogP contribution in [0.15, 0.2) is 12.1 Å². The Morgan fingerprint density at radius 3 is 2.40 bits per heavy atom. The summed E-state index contributed by atoms with van der Waals surface area (Å²) in [5.74, 6) is 0.594. The first-order valence-corrected chi connectivity index (χ1v) is 5.81. The van der Waals surface area contributed by atoms with Crippen LogP contribution >= 0.6 is 11.6 Å². The second kappa shape index (κ2) is 5.00. The van der Waals surface area contributed by atoms with Crippen LogP contribution in [0.25, 0.3) is 0 Å². The van der Waals surface area contributed by atoms with E-state index in [4.69, 9.17) is 17.3 Å². The Morgan fingerprint density at radius 2 is 1.87 bits per heavy atom. The van der Waals surface area contributed by atoms with Gasteiger partial charge in [-0.15, -0.1) is 0 Å². The third kappa shape index (κ3) is 3.22. The van der Waals surface area contributed by atoms with Crippen LogP contribution in [0.5, 0.6) is 0 Å². The maximum Gasteiger partial charge on any atom is 0.0483 e. The lowest BCUT2D eigenvalue weighted by molar-refractivity contribution is 0.510. The molecule has 0 amide bonds. The molecule has 0 aliphatic heterocycles. The van der Waals surface area contributed by atoms with E-state index in [0.29, 0.717) is 5.92 Å². The number of hydrogen-bond donors (Lipinski definition) is 1. The fraction of sp³-hybridized carbons (Fsp3) is 0.538. The molecular formula is C13H20ClN. The van der Waals surface area contributed by atoms with Gasteiger partial charge in [0.25, 0.3) is 0 Å². The van der Waals surface area contributed by atoms with Crippen molar-refractivity contribution >= 4 is 11.6 Å². The van der Waals surface area contributed by atoms with E-state index < -0.39 is 0 Å². The molecule has 0 saturated carbocycles. The molecule has 15 heavy (non-hydrogen) atoms. The second-order valence-electron chi connectivity index (χ2n) is 4.72. The first-order valence-electron chi connectivity index (χ1n) is 5.44. The third-order valence-electron chi connectivity index (χ3n) is 2.55. The summed E-state index contributed by atoms with van der Waals surface area (Å²) in [5, 5.41) is 0.828. The summed E-state index contributed by atoms with van der Waals surface area (Å²) in [6, 6.07) is 4.24. The molecule has 2 heteroatoms. The minimum Gasteiger partial charge on any atom is -0.324 e. The van der Waals surface area contributed by atoms with Gasteiger partial charge in [-0.3, -0.25) is 0 Å². The van der Waals surface area contributed by atoms with Crippen LogP contribution in [-0.4, -0.2) is 0 Å². The molecule has 0 spiro atoms. The van der Waals surface area contributed by atoms with Crippen molar-refractivity contribution in [2.45, 2.75) is 40.2 Å². The summed E-state index contributed by atoms with van der Waals surface area (Å²) in [5.41, 5.74) is 9.58. The third-order valence-corrected chi connectivity index (χ3v) is 3.07. The topological polar surface area (TPSA) is 26.0 Å². The van der Waals surface area contributed by atoms with Crippen molar-refractivity contribution in [3.05, 3.63) is 33.8 Å². The van der Waals surface area contributed by atoms with Crippen molar-refractivity contribution in [2.24, 2.45) is 11.7 Å². The van der Waals surface area contributed by atoms with E-state index in [-0.39, 0.29) is 6.04 Å². The molecule has 0 fully saturated rings. The lowest BCUT2D eigenvalue weighted by Gasteiger charge is -2.17. The molecule has 1 nitrogen and oxygen atoms in total. The SMILES string of the molecule is Cc1cc(C)c(Cl)c(C(N)CC(C)C)c1. The van der Waals surface area contributed by atoms with Crippen molar-refractivity contribution in [3.63, 3.8) is 0 Å². The summed E-state index contributed by atoms with van der Waals surface area (Å²) in [6.45, 7) is 8.46. The van der Waals surface area contributed by atoms with Gasteiger partial charge < -0.3 is 5.73 Å². The van der Waals surface area contributed by atoms with Gasteiger partial charge in [0, 0.05) is 11.1 Å². The Balaban J connectivity index is 3.02. The van der Waals surface area contributed by atoms with Gasteiger partial charge in [-0.25, -0.2) is 0 Å². The molecule has 1 atom stereocenters. The van der Waals surface area contributed by atoms with Crippen LogP contribution in [0.2, 0.25) is 5.02 Å². The zero-order valence-corrected chi connectivity index (χ0v) is 10.7. The molecule has 0 aliphatic rings. The molecule has 0 radical (unpaired) electrons. The number of hydrogen-bond acceptors (Lipinski definition) is 1. The normalized spacial score (nSPS) is 13.3. The van der Waals surface area contributed by atoms with Crippen LogP contribution in [0, 0.1) is 19.8 Å². The molecule has 2 N–H and O–H groups in total. The highest BCUT2D eigenvalue weighted by molar-refractivity contribution is 6.32. The molecule has 0 aliphatic carbocycles. The van der Waals surface area contributed by atoms with Crippen LogP contribution in [0.4, 0.5) is 0 Å². The van der Waals surface area contributed by atoms with Crippen molar-refractivity contribution in [1.82, 2.24) is 0 Å². The van der Waals surface area contributed by atoms with E-state index in [1.165, 1.54) is 5.56 Å². The molecule has 0 bridgehead atoms. The van der Waals surface area contributed by atoms with Gasteiger partial charge in [0.15, 0.2) is 0 Å². The van der Waals surface area contributed by atoms with Crippen molar-refractivity contribution in [3.8, 4) is 0 Å². The Labute approximate surface area is 97.6 Å². The van der Waals surface area contributed by atoms with E-state index >= 15 is 0 Å². The molecule has 0 heterocycles. The maximum absolute atomic E-state index is 6.26. The van der Waals surface area contributed by atoms with Gasteiger partial charge in [0.1, 0.15) is 0 Å². The van der Waals surface area contributed by atoms with Gasteiger partial charge in [0.2, 0.25) is 0 Å². The average molecular weight is 226 g/mol. The van der Waals surface area contributed by atoms with Gasteiger partial charge >= 0.3 is 0 Å². The molecule has 1 rings (SSSR count). The Bertz CT molecular complexity index is 345. The zero-order chi connectivity index (χ0) is 11.6. The van der Waals surface area contributed by atoms with Crippen molar-refractivity contribution < 1.29 is 0 Å². The minimum atomic E-state index is 0.0519. The predicted molar refractivity (Wildman–Crippen MR) is 67.3 cm³/mol. The number of nitrogens with two attached hydrogens (primary N) is 1. The number of rotatable bonds is 3. The lowest BCUT2D eigenvalue weighted by Crippen LogP contribution is -2.14. The summed E-state index contributed by atoms with van der Waals surface area (Å²) in [6.07, 6.45) is 0.975. The van der Waals surface area contributed by atoms with Gasteiger partial charge in [0.05, 0.1) is 0 Å². The van der Waals surface area contributed by atoms with Gasteiger partial charge in [-0.2, -0.15) is 0 Å². The maximum atomic E-state index is 6.26. The fourth-order valence-electron chi connectivity index (χ4n) is 1.89. The molecule has 0 aromatic heterocycles. The standard InChI is InChI=1S/C13H20ClN/c1-8(2)5-12(15)11-7-9(3)6-10(4)13(11)14/h6-8,12H,5,15H2,1-4H3. The van der Waals surface area contributed by atoms with Crippen LogP contribution in [0.3, 0.4) is 0 Å². The molecule has 1 unspecified atom stereocenters. The zero-order valence-electron chi connectivity index (χ0n) is 9.97. The Morgan fingerprint density at radius 1 is 1.27 bits per heavy atom. The summed E-state index contributed by atoms with van der Waals surface area (Å²) < 4.78 is 0. The Hall–Kier alpha value is -0.530. The summed E-state index contributed by atoms with van der Waals surface area (Å²) >= 11 is 6.26. The highest BCUT2D eigenvalue weighted by Crippen LogP contribution is 2.29. The monoisotopic (exact) mass is 225 g/mol.